The second-order valence-electron chi connectivity index (χ2n) is 8.22. The molecule has 0 N–H and O–H groups in total. The molecule has 31 heavy (non-hydrogen) atoms. The van der Waals surface area contributed by atoms with Gasteiger partial charge in [-0.2, -0.15) is 0 Å². The van der Waals surface area contributed by atoms with E-state index in [1.54, 1.807) is 0 Å². The number of esters is 1. The summed E-state index contributed by atoms with van der Waals surface area (Å²) in [5, 5.41) is 0. The molecule has 0 radical (unpaired) electrons. The van der Waals surface area contributed by atoms with E-state index < -0.39 is 11.6 Å². The molecule has 0 saturated carbocycles. The van der Waals surface area contributed by atoms with E-state index in [0.29, 0.717) is 25.0 Å². The van der Waals surface area contributed by atoms with Crippen LogP contribution in [0.25, 0.3) is 0 Å². The predicted octanol–water partition coefficient (Wildman–Crippen LogP) is 3.09. The molecule has 1 unspecified atom stereocenters. The second kappa shape index (κ2) is 9.52. The van der Waals surface area contributed by atoms with E-state index >= 15 is 0 Å². The number of ether oxygens (including phenoxy) is 2. The zero-order valence-electron chi connectivity index (χ0n) is 18.1. The van der Waals surface area contributed by atoms with Crippen molar-refractivity contribution in [1.82, 2.24) is 4.90 Å². The number of carbonyl (C=O) groups is 2. The maximum atomic E-state index is 13.0. The van der Waals surface area contributed by atoms with Crippen LogP contribution in [0.5, 0.6) is 5.75 Å². The minimum atomic E-state index is -1.55. The third kappa shape index (κ3) is 4.59. The number of rotatable bonds is 6. The summed E-state index contributed by atoms with van der Waals surface area (Å²) in [5.41, 5.74) is 0.661. The summed E-state index contributed by atoms with van der Waals surface area (Å²) >= 11 is 0. The maximum Gasteiger partial charge on any atom is 0.358 e. The first-order valence-electron chi connectivity index (χ1n) is 11.0. The summed E-state index contributed by atoms with van der Waals surface area (Å²) in [7, 11) is 1.32. The van der Waals surface area contributed by atoms with Crippen molar-refractivity contribution in [2.75, 3.05) is 44.7 Å². The van der Waals surface area contributed by atoms with Crippen LogP contribution in [0.4, 0.5) is 5.69 Å². The van der Waals surface area contributed by atoms with E-state index in [-0.39, 0.29) is 12.2 Å². The fraction of sp³-hybridized carbons (Fsp3) is 0.440. The summed E-state index contributed by atoms with van der Waals surface area (Å²) in [6.45, 7) is 4.67. The Kier molecular flexibility index (Phi) is 6.56. The Bertz CT molecular complexity index is 909. The van der Waals surface area contributed by atoms with Gasteiger partial charge in [-0.15, -0.1) is 0 Å². The molecule has 6 heteroatoms. The normalized spacial score (nSPS) is 21.7. The Labute approximate surface area is 183 Å². The molecule has 2 aromatic rings. The van der Waals surface area contributed by atoms with Crippen molar-refractivity contribution in [3.8, 4) is 5.75 Å². The van der Waals surface area contributed by atoms with Crippen LogP contribution in [-0.4, -0.2) is 62.1 Å². The average Bonchev–Trinajstić information content (AvgIpc) is 2.97. The molecule has 6 nitrogen and oxygen atoms in total. The highest BCUT2D eigenvalue weighted by Gasteiger charge is 2.50. The van der Waals surface area contributed by atoms with E-state index in [2.05, 4.69) is 34.1 Å². The van der Waals surface area contributed by atoms with Crippen LogP contribution in [-0.2, 0) is 20.7 Å². The van der Waals surface area contributed by atoms with Gasteiger partial charge in [-0.25, -0.2) is 4.79 Å². The number of nitrogens with zero attached hydrogens (tertiary/aromatic N) is 2. The fourth-order valence-electron chi connectivity index (χ4n) is 4.54. The van der Waals surface area contributed by atoms with Crippen LogP contribution >= 0.6 is 0 Å². The van der Waals surface area contributed by atoms with Gasteiger partial charge in [0.05, 0.1) is 7.11 Å². The van der Waals surface area contributed by atoms with E-state index in [9.17, 15) is 9.59 Å². The molecular weight excluding hydrogens is 392 g/mol. The van der Waals surface area contributed by atoms with Crippen molar-refractivity contribution in [3.05, 3.63) is 60.2 Å². The predicted molar refractivity (Wildman–Crippen MR) is 119 cm³/mol. The van der Waals surface area contributed by atoms with Gasteiger partial charge < -0.3 is 14.4 Å². The first kappa shape index (κ1) is 21.4. The number of fused-ring (bicyclic) bond motifs is 1. The van der Waals surface area contributed by atoms with Gasteiger partial charge in [-0.3, -0.25) is 9.69 Å². The molecule has 0 aromatic heterocycles. The zero-order valence-corrected chi connectivity index (χ0v) is 18.1. The summed E-state index contributed by atoms with van der Waals surface area (Å²) < 4.78 is 11.2. The highest BCUT2D eigenvalue weighted by molar-refractivity contribution is 6.08. The Morgan fingerprint density at radius 1 is 1.00 bits per heavy atom. The summed E-state index contributed by atoms with van der Waals surface area (Å²) in [5.74, 6) is -0.178. The van der Waals surface area contributed by atoms with Gasteiger partial charge in [-0.1, -0.05) is 36.4 Å². The second-order valence-corrected chi connectivity index (χ2v) is 8.22. The van der Waals surface area contributed by atoms with Crippen LogP contribution in [0.15, 0.2) is 54.6 Å². The number of ketones is 1. The molecule has 164 valence electrons. The monoisotopic (exact) mass is 422 g/mol. The van der Waals surface area contributed by atoms with Crippen molar-refractivity contribution in [3.63, 3.8) is 0 Å². The molecule has 0 aliphatic carbocycles. The summed E-state index contributed by atoms with van der Waals surface area (Å²) in [6, 6.07) is 18.0. The van der Waals surface area contributed by atoms with Gasteiger partial charge in [0, 0.05) is 44.7 Å². The van der Waals surface area contributed by atoms with Crippen molar-refractivity contribution in [2.24, 2.45) is 0 Å². The lowest BCUT2D eigenvalue weighted by atomic mass is 9.89. The summed E-state index contributed by atoms with van der Waals surface area (Å²) in [4.78, 5) is 30.6. The molecular formula is C25H30N2O4. The van der Waals surface area contributed by atoms with Gasteiger partial charge in [0.2, 0.25) is 0 Å². The number of anilines is 1. The van der Waals surface area contributed by atoms with Crippen LogP contribution in [0, 0.1) is 0 Å². The number of aryl methyl sites for hydroxylation is 1. The maximum absolute atomic E-state index is 13.0. The lowest BCUT2D eigenvalue weighted by Gasteiger charge is -2.36. The van der Waals surface area contributed by atoms with E-state index in [0.717, 1.165) is 38.3 Å². The Morgan fingerprint density at radius 3 is 2.45 bits per heavy atom. The van der Waals surface area contributed by atoms with Crippen LogP contribution in [0.3, 0.4) is 0 Å². The molecule has 4 rings (SSSR count). The Morgan fingerprint density at radius 2 is 1.71 bits per heavy atom. The number of hydrogen-bond donors (Lipinski definition) is 0. The number of piperazine rings is 1. The van der Waals surface area contributed by atoms with Crippen LogP contribution in [0.1, 0.15) is 24.8 Å². The van der Waals surface area contributed by atoms with E-state index in [4.69, 9.17) is 9.47 Å². The number of para-hydroxylation sites is 2. The molecule has 0 spiro atoms. The molecule has 0 amide bonds. The van der Waals surface area contributed by atoms with Gasteiger partial charge in [0.15, 0.2) is 5.78 Å². The van der Waals surface area contributed by atoms with E-state index in [1.165, 1.54) is 12.8 Å². The van der Waals surface area contributed by atoms with Gasteiger partial charge >= 0.3 is 5.97 Å². The lowest BCUT2D eigenvalue weighted by molar-refractivity contribution is -0.165. The minimum absolute atomic E-state index is 0.190. The fourth-order valence-corrected chi connectivity index (χ4v) is 4.54. The van der Waals surface area contributed by atoms with Crippen LogP contribution in [0.2, 0.25) is 0 Å². The van der Waals surface area contributed by atoms with Crippen LogP contribution < -0.4 is 9.64 Å². The quantitative estimate of drug-likeness (QED) is 0.527. The van der Waals surface area contributed by atoms with Gasteiger partial charge in [0.1, 0.15) is 5.75 Å². The molecule has 2 aliphatic rings. The molecule has 1 atom stereocenters. The third-order valence-corrected chi connectivity index (χ3v) is 6.34. The Hall–Kier alpha value is -2.86. The van der Waals surface area contributed by atoms with E-state index in [1.807, 2.05) is 30.3 Å². The molecule has 1 fully saturated rings. The molecule has 2 aromatic carbocycles. The number of benzene rings is 2. The first-order chi connectivity index (χ1) is 15.1. The molecule has 2 heterocycles. The van der Waals surface area contributed by atoms with Crippen molar-refractivity contribution in [1.29, 1.82) is 0 Å². The molecule has 1 saturated heterocycles. The zero-order chi connectivity index (χ0) is 21.7. The highest BCUT2D eigenvalue weighted by atomic mass is 16.6. The Balaban J connectivity index is 1.38. The minimum Gasteiger partial charge on any atom is -0.467 e. The highest BCUT2D eigenvalue weighted by Crippen LogP contribution is 2.33. The number of hydrogen-bond acceptors (Lipinski definition) is 6. The van der Waals surface area contributed by atoms with Crippen molar-refractivity contribution >= 4 is 17.4 Å². The largest absolute Gasteiger partial charge is 0.467 e. The van der Waals surface area contributed by atoms with Gasteiger partial charge in [0.25, 0.3) is 5.60 Å². The molecule has 2 aliphatic heterocycles. The average molecular weight is 423 g/mol. The lowest BCUT2D eigenvalue weighted by Crippen LogP contribution is -2.53. The summed E-state index contributed by atoms with van der Waals surface area (Å²) in [6.07, 6.45) is 1.87. The number of methoxy groups -OCH3 is 1. The smallest absolute Gasteiger partial charge is 0.358 e. The topological polar surface area (TPSA) is 59.1 Å². The first-order valence-corrected chi connectivity index (χ1v) is 11.0. The SMILES string of the molecule is COC(=O)C1(CCCN2CCN(c3ccccc3)CC2)Oc2ccccc2CCC1=O. The van der Waals surface area contributed by atoms with Crippen molar-refractivity contribution < 1.29 is 19.1 Å². The van der Waals surface area contributed by atoms with Crippen molar-refractivity contribution in [2.45, 2.75) is 31.3 Å². The standard InChI is InChI=1S/C25H30N2O4/c1-30-24(29)25(23(28)13-12-20-8-5-6-11-22(20)31-25)14-7-15-26-16-18-27(19-17-26)21-9-3-2-4-10-21/h2-6,8-11H,7,12-19H2,1H3. The molecule has 0 bridgehead atoms. The third-order valence-electron chi connectivity index (χ3n) is 6.34. The number of Topliss-reactive ketones (excluding diaryl/α,β-unsaturated/α-hetero) is 1. The van der Waals surface area contributed by atoms with Gasteiger partial charge in [-0.05, 0) is 43.1 Å². The number of carbonyl (C=O) groups excluding carboxylic acids is 2.